The third kappa shape index (κ3) is 4.86. The van der Waals surface area contributed by atoms with Crippen LogP contribution in [0.25, 0.3) is 0 Å². The number of phenolic OH excluding ortho intramolecular Hbond substituents is 2. The van der Waals surface area contributed by atoms with Gasteiger partial charge < -0.3 is 29.9 Å². The van der Waals surface area contributed by atoms with Crippen molar-refractivity contribution < 1.29 is 33.7 Å². The molecule has 0 aromatic heterocycles. The van der Waals surface area contributed by atoms with E-state index in [1.54, 1.807) is 12.1 Å². The number of phenols is 2. The molecule has 0 spiro atoms. The number of halogens is 1. The molecule has 1 unspecified atom stereocenters. The first-order chi connectivity index (χ1) is 15.4. The van der Waals surface area contributed by atoms with E-state index in [1.165, 1.54) is 29.2 Å². The van der Waals surface area contributed by atoms with Gasteiger partial charge in [-0.2, -0.15) is 0 Å². The van der Waals surface area contributed by atoms with Gasteiger partial charge in [0.15, 0.2) is 11.5 Å². The van der Waals surface area contributed by atoms with Crippen molar-refractivity contribution >= 4 is 23.4 Å². The number of cyclic esters (lactones) is 1. The largest absolute Gasteiger partial charge is 0.504 e. The summed E-state index contributed by atoms with van der Waals surface area (Å²) in [6.45, 7) is 2.57. The quantitative estimate of drug-likeness (QED) is 0.581. The second-order valence-corrected chi connectivity index (χ2v) is 7.66. The molecule has 10 heteroatoms. The van der Waals surface area contributed by atoms with Gasteiger partial charge in [-0.15, -0.1) is 0 Å². The van der Waals surface area contributed by atoms with E-state index in [9.17, 15) is 24.2 Å². The van der Waals surface area contributed by atoms with Crippen LogP contribution in [-0.2, 0) is 20.7 Å². The Hall–Kier alpha value is -3.53. The van der Waals surface area contributed by atoms with Gasteiger partial charge in [0.05, 0.1) is 44.1 Å². The normalized spacial score (nSPS) is 18.5. The molecule has 3 N–H and O–H groups in total. The number of anilines is 2. The Balaban J connectivity index is 1.32. The molecule has 1 atom stereocenters. The smallest absolute Gasteiger partial charge is 0.414 e. The summed E-state index contributed by atoms with van der Waals surface area (Å²) in [6.07, 6.45) is -1.19. The molecule has 2 amide bonds. The van der Waals surface area contributed by atoms with E-state index < -0.39 is 18.0 Å². The zero-order chi connectivity index (χ0) is 22.7. The van der Waals surface area contributed by atoms with Crippen LogP contribution in [0.1, 0.15) is 5.56 Å². The van der Waals surface area contributed by atoms with E-state index in [4.69, 9.17) is 9.47 Å². The number of nitrogens with one attached hydrogen (secondary N) is 1. The van der Waals surface area contributed by atoms with Crippen LogP contribution in [0.15, 0.2) is 36.4 Å². The standard InChI is InChI=1S/C22H24FN3O6/c23-17-11-15(2-3-18(17)25-5-7-31-8-6-25)26-13-16(32-22(26)30)12-24-21(29)10-14-1-4-19(27)20(28)9-14/h1-4,9,11,16,27-28H,5-8,10,12-13H2,(H,24,29). The van der Waals surface area contributed by atoms with Crippen molar-refractivity contribution in [1.29, 1.82) is 0 Å². The molecule has 0 aliphatic carbocycles. The van der Waals surface area contributed by atoms with Gasteiger partial charge in [0.25, 0.3) is 0 Å². The lowest BCUT2D eigenvalue weighted by Crippen LogP contribution is -2.37. The number of nitrogens with zero attached hydrogens (tertiary/aromatic N) is 2. The van der Waals surface area contributed by atoms with Crippen molar-refractivity contribution in [3.63, 3.8) is 0 Å². The van der Waals surface area contributed by atoms with Gasteiger partial charge in [0.2, 0.25) is 5.91 Å². The van der Waals surface area contributed by atoms with Crippen LogP contribution in [0, 0.1) is 5.82 Å². The van der Waals surface area contributed by atoms with Crippen molar-refractivity contribution in [2.75, 3.05) is 49.2 Å². The molecule has 2 saturated heterocycles. The number of benzene rings is 2. The van der Waals surface area contributed by atoms with Crippen LogP contribution < -0.4 is 15.1 Å². The van der Waals surface area contributed by atoms with Crippen LogP contribution in [0.5, 0.6) is 11.5 Å². The summed E-state index contributed by atoms with van der Waals surface area (Å²) in [6, 6.07) is 8.77. The summed E-state index contributed by atoms with van der Waals surface area (Å²) < 4.78 is 25.3. The van der Waals surface area contributed by atoms with Crippen LogP contribution in [-0.4, -0.2) is 67.7 Å². The van der Waals surface area contributed by atoms with Crippen molar-refractivity contribution in [2.24, 2.45) is 0 Å². The van der Waals surface area contributed by atoms with Crippen LogP contribution in [0.4, 0.5) is 20.6 Å². The number of hydrogen-bond acceptors (Lipinski definition) is 7. The van der Waals surface area contributed by atoms with Crippen LogP contribution in [0.3, 0.4) is 0 Å². The third-order valence-corrected chi connectivity index (χ3v) is 5.40. The number of carbonyl (C=O) groups excluding carboxylic acids is 2. The van der Waals surface area contributed by atoms with Gasteiger partial charge in [0, 0.05) is 13.1 Å². The fourth-order valence-electron chi connectivity index (χ4n) is 3.72. The average molecular weight is 445 g/mol. The molecule has 32 heavy (non-hydrogen) atoms. The van der Waals surface area contributed by atoms with Gasteiger partial charge in [0.1, 0.15) is 11.9 Å². The average Bonchev–Trinajstić information content (AvgIpc) is 3.16. The first kappa shape index (κ1) is 21.7. The van der Waals surface area contributed by atoms with Crippen LogP contribution in [0.2, 0.25) is 0 Å². The van der Waals surface area contributed by atoms with E-state index in [1.807, 2.05) is 4.90 Å². The highest BCUT2D eigenvalue weighted by Crippen LogP contribution is 2.28. The highest BCUT2D eigenvalue weighted by Gasteiger charge is 2.33. The Labute approximate surface area is 183 Å². The third-order valence-electron chi connectivity index (χ3n) is 5.40. The van der Waals surface area contributed by atoms with Gasteiger partial charge in [-0.1, -0.05) is 6.07 Å². The zero-order valence-electron chi connectivity index (χ0n) is 17.3. The molecule has 2 aromatic carbocycles. The number of carbonyl (C=O) groups is 2. The monoisotopic (exact) mass is 445 g/mol. The first-order valence-corrected chi connectivity index (χ1v) is 10.3. The molecule has 0 bridgehead atoms. The van der Waals surface area contributed by atoms with Gasteiger partial charge in [-0.25, -0.2) is 9.18 Å². The summed E-state index contributed by atoms with van der Waals surface area (Å²) in [7, 11) is 0. The fourth-order valence-corrected chi connectivity index (χ4v) is 3.72. The van der Waals surface area contributed by atoms with E-state index >= 15 is 0 Å². The van der Waals surface area contributed by atoms with Crippen molar-refractivity contribution in [1.82, 2.24) is 5.32 Å². The first-order valence-electron chi connectivity index (χ1n) is 10.3. The maximum absolute atomic E-state index is 14.7. The van der Waals surface area contributed by atoms with E-state index in [2.05, 4.69) is 5.32 Å². The molecule has 2 heterocycles. The lowest BCUT2D eigenvalue weighted by atomic mass is 10.1. The molecule has 2 fully saturated rings. The Kier molecular flexibility index (Phi) is 6.31. The van der Waals surface area contributed by atoms with Crippen molar-refractivity contribution in [3.05, 3.63) is 47.8 Å². The Morgan fingerprint density at radius 1 is 1.12 bits per heavy atom. The minimum absolute atomic E-state index is 0.00751. The molecule has 0 saturated carbocycles. The topological polar surface area (TPSA) is 112 Å². The van der Waals surface area contributed by atoms with Crippen molar-refractivity contribution in [3.8, 4) is 11.5 Å². The van der Waals surface area contributed by atoms with E-state index in [-0.39, 0.29) is 36.9 Å². The summed E-state index contributed by atoms with van der Waals surface area (Å²) in [5.41, 5.74) is 1.38. The number of morpholine rings is 1. The molecule has 170 valence electrons. The minimum Gasteiger partial charge on any atom is -0.504 e. The molecular weight excluding hydrogens is 421 g/mol. The maximum atomic E-state index is 14.7. The maximum Gasteiger partial charge on any atom is 0.414 e. The predicted octanol–water partition coefficient (Wildman–Crippen LogP) is 1.76. The Morgan fingerprint density at radius 2 is 1.91 bits per heavy atom. The van der Waals surface area contributed by atoms with Crippen LogP contribution >= 0.6 is 0 Å². The number of rotatable bonds is 6. The number of ether oxygens (including phenoxy) is 2. The SMILES string of the molecule is O=C(Cc1ccc(O)c(O)c1)NCC1CN(c2ccc(N3CCOCC3)c(F)c2)C(=O)O1. The van der Waals surface area contributed by atoms with Gasteiger partial charge >= 0.3 is 6.09 Å². The summed E-state index contributed by atoms with van der Waals surface area (Å²) in [5, 5.41) is 21.5. The molecule has 9 nitrogen and oxygen atoms in total. The number of aromatic hydroxyl groups is 2. The fraction of sp³-hybridized carbons (Fsp3) is 0.364. The Bertz CT molecular complexity index is 1010. The molecule has 4 rings (SSSR count). The predicted molar refractivity (Wildman–Crippen MR) is 114 cm³/mol. The lowest BCUT2D eigenvalue weighted by molar-refractivity contribution is -0.120. The number of amides is 2. The summed E-state index contributed by atoms with van der Waals surface area (Å²) >= 11 is 0. The highest BCUT2D eigenvalue weighted by molar-refractivity contribution is 5.90. The molecular formula is C22H24FN3O6. The van der Waals surface area contributed by atoms with E-state index in [0.717, 1.165) is 0 Å². The lowest BCUT2D eigenvalue weighted by Gasteiger charge is -2.29. The number of hydrogen-bond donors (Lipinski definition) is 3. The molecule has 0 radical (unpaired) electrons. The molecule has 2 aromatic rings. The molecule has 2 aliphatic heterocycles. The second kappa shape index (κ2) is 9.31. The molecule has 2 aliphatic rings. The van der Waals surface area contributed by atoms with Gasteiger partial charge in [-0.3, -0.25) is 9.69 Å². The summed E-state index contributed by atoms with van der Waals surface area (Å²) in [5.74, 6) is -1.32. The minimum atomic E-state index is -0.605. The summed E-state index contributed by atoms with van der Waals surface area (Å²) in [4.78, 5) is 27.7. The zero-order valence-corrected chi connectivity index (χ0v) is 17.3. The Morgan fingerprint density at radius 3 is 2.62 bits per heavy atom. The van der Waals surface area contributed by atoms with Gasteiger partial charge in [-0.05, 0) is 35.9 Å². The highest BCUT2D eigenvalue weighted by atomic mass is 19.1. The van der Waals surface area contributed by atoms with Crippen molar-refractivity contribution in [2.45, 2.75) is 12.5 Å². The van der Waals surface area contributed by atoms with E-state index in [0.29, 0.717) is 43.2 Å². The second-order valence-electron chi connectivity index (χ2n) is 7.66.